The van der Waals surface area contributed by atoms with Gasteiger partial charge in [0.05, 0.1) is 11.7 Å². The fourth-order valence-corrected chi connectivity index (χ4v) is 6.88. The number of nitriles is 1. The van der Waals surface area contributed by atoms with Crippen LogP contribution < -0.4 is 10.6 Å². The topological polar surface area (TPSA) is 123 Å². The number of likely N-dealkylation sites (tertiary alicyclic amines) is 1. The van der Waals surface area contributed by atoms with E-state index < -0.39 is 6.10 Å². The van der Waals surface area contributed by atoms with Crippen LogP contribution in [0.15, 0.2) is 77.5 Å². The molecule has 2 atom stereocenters. The van der Waals surface area contributed by atoms with E-state index in [0.717, 1.165) is 75.2 Å². The van der Waals surface area contributed by atoms with E-state index >= 15 is 0 Å². The van der Waals surface area contributed by atoms with Crippen LogP contribution in [0.1, 0.15) is 48.1 Å². The molecule has 0 aliphatic carbocycles. The highest BCUT2D eigenvalue weighted by Gasteiger charge is 2.21. The third kappa shape index (κ3) is 6.76. The maximum absolute atomic E-state index is 9.99. The van der Waals surface area contributed by atoms with Gasteiger partial charge >= 0.3 is 0 Å². The second-order valence-electron chi connectivity index (χ2n) is 13.4. The van der Waals surface area contributed by atoms with Crippen LogP contribution in [0.25, 0.3) is 44.6 Å². The number of hydrogen-bond acceptors (Lipinski definition) is 9. The zero-order valence-electron chi connectivity index (χ0n) is 28.4. The number of rotatable bonds is 10. The first-order valence-corrected chi connectivity index (χ1v) is 16.9. The first-order chi connectivity index (χ1) is 23.8. The molecule has 0 radical (unpaired) electrons. The number of benzene rings is 3. The van der Waals surface area contributed by atoms with Crippen LogP contribution in [0.5, 0.6) is 0 Å². The molecule has 6 aromatic rings. The summed E-state index contributed by atoms with van der Waals surface area (Å²) < 4.78 is 6.31. The highest BCUT2D eigenvalue weighted by molar-refractivity contribution is 5.91. The van der Waals surface area contributed by atoms with Crippen molar-refractivity contribution in [3.05, 3.63) is 101 Å². The average molecular weight is 652 g/mol. The SMILES string of the molecule is Cc1c(Nc2nccc3cc(CNC[C@@H](C)O)cnc23)cccc1-c1cccc(-c2nc3cc(CN4CC[C@@H](C)C4)cc(C#N)c3o2)c1C. The number of aliphatic hydroxyl groups excluding tert-OH is 1. The second kappa shape index (κ2) is 13.8. The van der Waals surface area contributed by atoms with Crippen molar-refractivity contribution < 1.29 is 9.52 Å². The van der Waals surface area contributed by atoms with Crippen LogP contribution in [-0.4, -0.2) is 50.7 Å². The predicted octanol–water partition coefficient (Wildman–Crippen LogP) is 7.65. The van der Waals surface area contributed by atoms with Crippen LogP contribution in [0, 0.1) is 31.1 Å². The van der Waals surface area contributed by atoms with Crippen molar-refractivity contribution in [1.82, 2.24) is 25.2 Å². The predicted molar refractivity (Wildman–Crippen MR) is 194 cm³/mol. The minimum atomic E-state index is -0.402. The van der Waals surface area contributed by atoms with Gasteiger partial charge in [0.25, 0.3) is 0 Å². The molecule has 3 N–H and O–H groups in total. The van der Waals surface area contributed by atoms with Crippen LogP contribution in [0.2, 0.25) is 0 Å². The fourth-order valence-electron chi connectivity index (χ4n) is 6.88. The van der Waals surface area contributed by atoms with E-state index in [4.69, 9.17) is 14.4 Å². The van der Waals surface area contributed by atoms with Crippen LogP contribution >= 0.6 is 0 Å². The lowest BCUT2D eigenvalue weighted by Crippen LogP contribution is -2.23. The summed E-state index contributed by atoms with van der Waals surface area (Å²) >= 11 is 0. The number of aliphatic hydroxyl groups is 1. The average Bonchev–Trinajstić information content (AvgIpc) is 3.71. The Kier molecular flexibility index (Phi) is 9.11. The normalized spacial score (nSPS) is 15.6. The number of anilines is 2. The Hall–Kier alpha value is -5.14. The first kappa shape index (κ1) is 32.4. The van der Waals surface area contributed by atoms with Gasteiger partial charge in [0.1, 0.15) is 17.1 Å². The van der Waals surface area contributed by atoms with Gasteiger partial charge in [0, 0.05) is 55.2 Å². The maximum atomic E-state index is 9.99. The molecule has 4 heterocycles. The van der Waals surface area contributed by atoms with Gasteiger partial charge in [-0.2, -0.15) is 5.26 Å². The van der Waals surface area contributed by atoms with Crippen molar-refractivity contribution in [2.75, 3.05) is 25.0 Å². The molecule has 49 heavy (non-hydrogen) atoms. The summed E-state index contributed by atoms with van der Waals surface area (Å²) in [4.78, 5) is 16.7. The summed E-state index contributed by atoms with van der Waals surface area (Å²) in [6, 6.07) is 22.8. The third-order valence-electron chi connectivity index (χ3n) is 9.45. The van der Waals surface area contributed by atoms with E-state index in [1.807, 2.05) is 36.5 Å². The number of hydrogen-bond donors (Lipinski definition) is 3. The van der Waals surface area contributed by atoms with E-state index in [1.54, 1.807) is 13.1 Å². The largest absolute Gasteiger partial charge is 0.435 e. The number of oxazole rings is 1. The lowest BCUT2D eigenvalue weighted by Gasteiger charge is -2.16. The van der Waals surface area contributed by atoms with Gasteiger partial charge in [-0.05, 0) is 109 Å². The zero-order valence-corrected chi connectivity index (χ0v) is 28.4. The van der Waals surface area contributed by atoms with Gasteiger partial charge in [-0.3, -0.25) is 9.88 Å². The lowest BCUT2D eigenvalue weighted by atomic mass is 9.93. The highest BCUT2D eigenvalue weighted by atomic mass is 16.3. The molecule has 3 aromatic heterocycles. The fraction of sp³-hybridized carbons (Fsp3) is 0.300. The molecule has 7 rings (SSSR count). The Morgan fingerprint density at radius 1 is 1.02 bits per heavy atom. The molecule has 1 fully saturated rings. The van der Waals surface area contributed by atoms with Gasteiger partial charge in [-0.1, -0.05) is 31.2 Å². The Labute approximate surface area is 286 Å². The monoisotopic (exact) mass is 651 g/mol. The lowest BCUT2D eigenvalue weighted by molar-refractivity contribution is 0.191. The quantitative estimate of drug-likeness (QED) is 0.137. The Morgan fingerprint density at radius 3 is 2.59 bits per heavy atom. The molecule has 0 bridgehead atoms. The van der Waals surface area contributed by atoms with Crippen LogP contribution in [0.4, 0.5) is 11.5 Å². The van der Waals surface area contributed by atoms with Gasteiger partial charge in [-0.25, -0.2) is 9.97 Å². The molecular formula is C40H41N7O2. The zero-order chi connectivity index (χ0) is 34.1. The minimum Gasteiger partial charge on any atom is -0.435 e. The molecule has 1 aliphatic heterocycles. The first-order valence-electron chi connectivity index (χ1n) is 16.9. The Bertz CT molecular complexity index is 2200. The number of nitrogens with zero attached hydrogens (tertiary/aromatic N) is 5. The molecule has 0 spiro atoms. The van der Waals surface area contributed by atoms with Crippen molar-refractivity contribution in [3.8, 4) is 28.7 Å². The summed E-state index contributed by atoms with van der Waals surface area (Å²) in [5.41, 5.74) is 10.8. The summed E-state index contributed by atoms with van der Waals surface area (Å²) in [5, 5.41) is 27.3. The Balaban J connectivity index is 1.18. The molecule has 0 unspecified atom stereocenters. The summed E-state index contributed by atoms with van der Waals surface area (Å²) in [6.07, 6.45) is 4.45. The molecule has 1 aliphatic rings. The minimum absolute atomic E-state index is 0.402. The number of nitrogens with one attached hydrogen (secondary N) is 2. The summed E-state index contributed by atoms with van der Waals surface area (Å²) in [7, 11) is 0. The van der Waals surface area contributed by atoms with E-state index in [9.17, 15) is 10.4 Å². The van der Waals surface area contributed by atoms with E-state index in [-0.39, 0.29) is 0 Å². The van der Waals surface area contributed by atoms with Crippen molar-refractivity contribution in [2.24, 2.45) is 5.92 Å². The van der Waals surface area contributed by atoms with Crippen LogP contribution in [-0.2, 0) is 13.1 Å². The van der Waals surface area contributed by atoms with Crippen LogP contribution in [0.3, 0.4) is 0 Å². The van der Waals surface area contributed by atoms with Crippen molar-refractivity contribution in [1.29, 1.82) is 5.26 Å². The second-order valence-corrected chi connectivity index (χ2v) is 13.4. The van der Waals surface area contributed by atoms with Crippen molar-refractivity contribution in [3.63, 3.8) is 0 Å². The molecule has 248 valence electrons. The number of pyridine rings is 2. The Morgan fingerprint density at radius 2 is 1.82 bits per heavy atom. The van der Waals surface area contributed by atoms with Crippen molar-refractivity contribution >= 4 is 33.5 Å². The summed E-state index contributed by atoms with van der Waals surface area (Å²) in [6.45, 7) is 12.4. The smallest absolute Gasteiger partial charge is 0.227 e. The molecule has 9 nitrogen and oxygen atoms in total. The van der Waals surface area contributed by atoms with E-state index in [0.29, 0.717) is 47.4 Å². The number of aromatic nitrogens is 3. The standard InChI is InChI=1S/C40H41N7O2/c1-24-12-14-47(22-24)23-28-15-31(18-41)38-36(17-28)46-40(49-38)34-9-5-7-32(26(34)3)33-8-6-10-35(27(33)4)45-39-37-30(11-13-43-39)16-29(21-44-37)20-42-19-25(2)48/h5-11,13,15-17,21,24-25,42,48H,12,14,19-20,22-23H2,1-4H3,(H,43,45)/t24-,25-/m1/s1. The molecule has 0 amide bonds. The van der Waals surface area contributed by atoms with Gasteiger partial charge in [-0.15, -0.1) is 0 Å². The third-order valence-corrected chi connectivity index (χ3v) is 9.45. The molecule has 1 saturated heterocycles. The molecular weight excluding hydrogens is 610 g/mol. The number of fused-ring (bicyclic) bond motifs is 2. The molecule has 3 aromatic carbocycles. The van der Waals surface area contributed by atoms with Gasteiger partial charge < -0.3 is 20.2 Å². The maximum Gasteiger partial charge on any atom is 0.227 e. The van der Waals surface area contributed by atoms with E-state index in [1.165, 1.54) is 6.42 Å². The van der Waals surface area contributed by atoms with Crippen molar-refractivity contribution in [2.45, 2.75) is 53.3 Å². The van der Waals surface area contributed by atoms with Gasteiger partial charge in [0.2, 0.25) is 5.89 Å². The molecule has 9 heteroatoms. The summed E-state index contributed by atoms with van der Waals surface area (Å²) in [5.74, 6) is 1.89. The van der Waals surface area contributed by atoms with E-state index in [2.05, 4.69) is 77.7 Å². The van der Waals surface area contributed by atoms with Gasteiger partial charge in [0.15, 0.2) is 11.4 Å². The highest BCUT2D eigenvalue weighted by Crippen LogP contribution is 2.38. The molecule has 0 saturated carbocycles.